The van der Waals surface area contributed by atoms with Crippen LogP contribution in [0.3, 0.4) is 0 Å². The van der Waals surface area contributed by atoms with Crippen LogP contribution in [0, 0.1) is 18.3 Å². The highest BCUT2D eigenvalue weighted by Gasteiger charge is 2.38. The van der Waals surface area contributed by atoms with Gasteiger partial charge in [0, 0.05) is 0 Å². The van der Waals surface area contributed by atoms with Gasteiger partial charge in [0.15, 0.2) is 0 Å². The van der Waals surface area contributed by atoms with Gasteiger partial charge in [0.1, 0.15) is 15.4 Å². The van der Waals surface area contributed by atoms with E-state index < -0.39 is 0 Å². The van der Waals surface area contributed by atoms with Crippen molar-refractivity contribution in [3.8, 4) is 6.07 Å². The van der Waals surface area contributed by atoms with E-state index >= 15 is 0 Å². The fraction of sp³-hybridized carbons (Fsp3) is 0.667. The Balaban J connectivity index is 2.37. The average molecular weight is 193 g/mol. The lowest BCUT2D eigenvalue weighted by atomic mass is 9.89. The Bertz CT molecular complexity index is 344. The Morgan fingerprint density at radius 1 is 1.38 bits per heavy atom. The Kier molecular flexibility index (Phi) is 2.04. The first-order valence-corrected chi connectivity index (χ1v) is 5.30. The monoisotopic (exact) mass is 193 g/mol. The van der Waals surface area contributed by atoms with Crippen molar-refractivity contribution in [1.82, 2.24) is 10.2 Å². The van der Waals surface area contributed by atoms with Gasteiger partial charge in [0.05, 0.1) is 6.07 Å². The van der Waals surface area contributed by atoms with Crippen LogP contribution in [0.2, 0.25) is 0 Å². The van der Waals surface area contributed by atoms with Gasteiger partial charge in [0.25, 0.3) is 0 Å². The van der Waals surface area contributed by atoms with Gasteiger partial charge in [0.2, 0.25) is 0 Å². The maximum absolute atomic E-state index is 9.17. The van der Waals surface area contributed by atoms with E-state index in [0.29, 0.717) is 0 Å². The molecule has 2 rings (SSSR count). The van der Waals surface area contributed by atoms with E-state index in [0.717, 1.165) is 35.7 Å². The molecule has 4 heteroatoms. The minimum absolute atomic E-state index is 0.300. The largest absolute Gasteiger partial charge is 0.197 e. The van der Waals surface area contributed by atoms with Crippen LogP contribution in [-0.2, 0) is 5.41 Å². The Morgan fingerprint density at radius 2 is 2.08 bits per heavy atom. The molecule has 0 aliphatic heterocycles. The minimum atomic E-state index is -0.300. The third-order valence-electron chi connectivity index (χ3n) is 2.61. The maximum atomic E-state index is 9.17. The van der Waals surface area contributed by atoms with Crippen LogP contribution in [0.15, 0.2) is 0 Å². The van der Waals surface area contributed by atoms with Crippen LogP contribution in [0.5, 0.6) is 0 Å². The number of hydrogen-bond acceptors (Lipinski definition) is 4. The molecule has 0 unspecified atom stereocenters. The Hall–Kier alpha value is -0.950. The van der Waals surface area contributed by atoms with Crippen molar-refractivity contribution < 1.29 is 0 Å². The van der Waals surface area contributed by atoms with Crippen LogP contribution >= 0.6 is 11.3 Å². The van der Waals surface area contributed by atoms with Crippen molar-refractivity contribution in [2.75, 3.05) is 0 Å². The van der Waals surface area contributed by atoms with Crippen LogP contribution < -0.4 is 0 Å². The highest BCUT2D eigenvalue weighted by molar-refractivity contribution is 7.11. The third kappa shape index (κ3) is 1.33. The fourth-order valence-corrected chi connectivity index (χ4v) is 2.73. The summed E-state index contributed by atoms with van der Waals surface area (Å²) in [5.41, 5.74) is -0.300. The van der Waals surface area contributed by atoms with Crippen LogP contribution in [-0.4, -0.2) is 10.2 Å². The summed E-state index contributed by atoms with van der Waals surface area (Å²) >= 11 is 1.56. The van der Waals surface area contributed by atoms with Crippen molar-refractivity contribution in [2.45, 2.75) is 38.0 Å². The molecule has 0 bridgehead atoms. The molecule has 68 valence electrons. The predicted octanol–water partition coefficient (Wildman–Crippen LogP) is 2.18. The molecule has 1 heterocycles. The molecular weight excluding hydrogens is 182 g/mol. The number of rotatable bonds is 1. The Morgan fingerprint density at radius 3 is 2.54 bits per heavy atom. The molecule has 1 aliphatic carbocycles. The van der Waals surface area contributed by atoms with Crippen molar-refractivity contribution in [2.24, 2.45) is 0 Å². The van der Waals surface area contributed by atoms with E-state index in [1.54, 1.807) is 11.3 Å². The second kappa shape index (κ2) is 3.08. The van der Waals surface area contributed by atoms with Gasteiger partial charge >= 0.3 is 0 Å². The number of aryl methyl sites for hydroxylation is 1. The van der Waals surface area contributed by atoms with E-state index in [1.807, 2.05) is 6.92 Å². The highest BCUT2D eigenvalue weighted by atomic mass is 32.1. The predicted molar refractivity (Wildman–Crippen MR) is 50.4 cm³/mol. The number of hydrogen-bond donors (Lipinski definition) is 0. The van der Waals surface area contributed by atoms with Crippen LogP contribution in [0.1, 0.15) is 35.7 Å². The molecule has 0 amide bonds. The molecule has 0 spiro atoms. The van der Waals surface area contributed by atoms with Crippen molar-refractivity contribution in [3.05, 3.63) is 10.0 Å². The molecule has 0 N–H and O–H groups in total. The summed E-state index contributed by atoms with van der Waals surface area (Å²) in [6.45, 7) is 1.93. The minimum Gasteiger partial charge on any atom is -0.197 e. The first kappa shape index (κ1) is 8.64. The van der Waals surface area contributed by atoms with Crippen molar-refractivity contribution in [3.63, 3.8) is 0 Å². The van der Waals surface area contributed by atoms with Crippen molar-refractivity contribution >= 4 is 11.3 Å². The van der Waals surface area contributed by atoms with E-state index in [2.05, 4.69) is 16.3 Å². The second-order valence-electron chi connectivity index (χ2n) is 3.53. The zero-order valence-electron chi connectivity index (χ0n) is 7.58. The first-order chi connectivity index (χ1) is 6.27. The molecule has 1 saturated carbocycles. The van der Waals surface area contributed by atoms with Crippen LogP contribution in [0.4, 0.5) is 0 Å². The average Bonchev–Trinajstić information content (AvgIpc) is 2.73. The molecule has 1 aromatic heterocycles. The van der Waals surface area contributed by atoms with Gasteiger partial charge in [-0.15, -0.1) is 21.5 Å². The summed E-state index contributed by atoms with van der Waals surface area (Å²) < 4.78 is 0. The number of aromatic nitrogens is 2. The second-order valence-corrected chi connectivity index (χ2v) is 4.71. The summed E-state index contributed by atoms with van der Waals surface area (Å²) in [6, 6.07) is 2.41. The van der Waals surface area contributed by atoms with Gasteiger partial charge in [-0.2, -0.15) is 5.26 Å². The lowest BCUT2D eigenvalue weighted by Crippen LogP contribution is -2.18. The quantitative estimate of drug-likeness (QED) is 0.686. The summed E-state index contributed by atoms with van der Waals surface area (Å²) in [6.07, 6.45) is 4.20. The molecule has 0 aromatic carbocycles. The maximum Gasteiger partial charge on any atom is 0.137 e. The van der Waals surface area contributed by atoms with Gasteiger partial charge < -0.3 is 0 Å². The molecule has 0 saturated heterocycles. The van der Waals surface area contributed by atoms with Gasteiger partial charge in [-0.05, 0) is 19.8 Å². The summed E-state index contributed by atoms with van der Waals surface area (Å²) in [7, 11) is 0. The van der Waals surface area contributed by atoms with Gasteiger partial charge in [-0.3, -0.25) is 0 Å². The van der Waals surface area contributed by atoms with Gasteiger partial charge in [-0.25, -0.2) is 0 Å². The standard InChI is InChI=1S/C9H11N3S/c1-7-11-12-8(13-7)9(6-10)4-2-3-5-9/h2-5H2,1H3. The molecule has 0 radical (unpaired) electrons. The SMILES string of the molecule is Cc1nnc(C2(C#N)CCCC2)s1. The molecule has 1 fully saturated rings. The molecule has 3 nitrogen and oxygen atoms in total. The fourth-order valence-electron chi connectivity index (χ4n) is 1.84. The van der Waals surface area contributed by atoms with Crippen molar-refractivity contribution in [1.29, 1.82) is 5.26 Å². The summed E-state index contributed by atoms with van der Waals surface area (Å²) in [5.74, 6) is 0. The number of nitrogens with zero attached hydrogens (tertiary/aromatic N) is 3. The lowest BCUT2D eigenvalue weighted by Gasteiger charge is -2.14. The smallest absolute Gasteiger partial charge is 0.137 e. The normalized spacial score (nSPS) is 20.0. The lowest BCUT2D eigenvalue weighted by molar-refractivity contribution is 0.562. The molecule has 1 aliphatic rings. The zero-order chi connectivity index (χ0) is 9.31. The summed E-state index contributed by atoms with van der Waals surface area (Å²) in [5, 5.41) is 19.1. The van der Waals surface area contributed by atoms with Gasteiger partial charge in [-0.1, -0.05) is 12.8 Å². The molecular formula is C9H11N3S. The molecule has 0 atom stereocenters. The highest BCUT2D eigenvalue weighted by Crippen LogP contribution is 2.41. The van der Waals surface area contributed by atoms with E-state index in [9.17, 15) is 0 Å². The number of nitriles is 1. The first-order valence-electron chi connectivity index (χ1n) is 4.49. The Labute approximate surface area is 81.4 Å². The van der Waals surface area contributed by atoms with Crippen LogP contribution in [0.25, 0.3) is 0 Å². The molecule has 1 aromatic rings. The zero-order valence-corrected chi connectivity index (χ0v) is 8.39. The van der Waals surface area contributed by atoms with E-state index in [1.165, 1.54) is 0 Å². The molecule has 13 heavy (non-hydrogen) atoms. The summed E-state index contributed by atoms with van der Waals surface area (Å²) in [4.78, 5) is 0. The topological polar surface area (TPSA) is 49.6 Å². The third-order valence-corrected chi connectivity index (χ3v) is 3.65. The van der Waals surface area contributed by atoms with E-state index in [-0.39, 0.29) is 5.41 Å². The van der Waals surface area contributed by atoms with E-state index in [4.69, 9.17) is 5.26 Å².